The van der Waals surface area contributed by atoms with Crippen LogP contribution in [0.2, 0.25) is 0 Å². The van der Waals surface area contributed by atoms with Crippen LogP contribution >= 0.6 is 11.8 Å². The van der Waals surface area contributed by atoms with E-state index in [1.165, 1.54) is 11.7 Å². The van der Waals surface area contributed by atoms with Gasteiger partial charge in [0.05, 0.1) is 0 Å². The molecular weight excluding hydrogens is 478 g/mol. The summed E-state index contributed by atoms with van der Waals surface area (Å²) >= 11 is 1.55. The van der Waals surface area contributed by atoms with Crippen molar-refractivity contribution in [3.63, 3.8) is 0 Å². The Kier molecular flexibility index (Phi) is 7.92. The third kappa shape index (κ3) is 6.05. The molecule has 0 aliphatic heterocycles. The lowest BCUT2D eigenvalue weighted by atomic mass is 10.0. The molecule has 0 radical (unpaired) electrons. The Balaban J connectivity index is 1.47. The van der Waals surface area contributed by atoms with Crippen LogP contribution in [0.4, 0.5) is 0 Å². The third-order valence-electron chi connectivity index (χ3n) is 5.33. The van der Waals surface area contributed by atoms with Crippen molar-refractivity contribution >= 4 is 28.8 Å². The van der Waals surface area contributed by atoms with Crippen molar-refractivity contribution in [2.45, 2.75) is 49.8 Å². The molecule has 1 aromatic heterocycles. The minimum absolute atomic E-state index is 0.203. The van der Waals surface area contributed by atoms with Crippen molar-refractivity contribution in [3.05, 3.63) is 77.9 Å². The Labute approximate surface area is 213 Å². The van der Waals surface area contributed by atoms with E-state index >= 15 is 0 Å². The Morgan fingerprint density at radius 2 is 1.78 bits per heavy atom. The van der Waals surface area contributed by atoms with Gasteiger partial charge in [0.25, 0.3) is 0 Å². The summed E-state index contributed by atoms with van der Waals surface area (Å²) in [5.74, 6) is -0.0998. The molecule has 186 valence electrons. The summed E-state index contributed by atoms with van der Waals surface area (Å²) in [7, 11) is 0. The first-order chi connectivity index (χ1) is 17.3. The van der Waals surface area contributed by atoms with Gasteiger partial charge in [-0.05, 0) is 86.3 Å². The van der Waals surface area contributed by atoms with E-state index in [0.717, 1.165) is 51.2 Å². The molecule has 0 fully saturated rings. The first kappa shape index (κ1) is 25.3. The third-order valence-corrected chi connectivity index (χ3v) is 6.33. The topological polar surface area (TPSA) is 95.7 Å². The number of fused-ring (bicyclic) bond motifs is 1. The van der Waals surface area contributed by atoms with Crippen LogP contribution in [0.3, 0.4) is 0 Å². The summed E-state index contributed by atoms with van der Waals surface area (Å²) in [6, 6.07) is 16.9. The lowest BCUT2D eigenvalue weighted by Gasteiger charge is -2.10. The smallest absolute Gasteiger partial charge is 0.372 e. The average Bonchev–Trinajstić information content (AvgIpc) is 3.28. The van der Waals surface area contributed by atoms with Crippen molar-refractivity contribution < 1.29 is 24.7 Å². The second kappa shape index (κ2) is 11.3. The summed E-state index contributed by atoms with van der Waals surface area (Å²) in [6.07, 6.45) is 2.88. The summed E-state index contributed by atoms with van der Waals surface area (Å²) in [5, 5.41) is 24.5. The van der Waals surface area contributed by atoms with Gasteiger partial charge < -0.3 is 5.11 Å². The fourth-order valence-electron chi connectivity index (χ4n) is 3.47. The molecule has 0 atom stereocenters. The predicted molar refractivity (Wildman–Crippen MR) is 137 cm³/mol. The van der Waals surface area contributed by atoms with Crippen LogP contribution in [0, 0.1) is 6.92 Å². The molecule has 0 spiro atoms. The van der Waals surface area contributed by atoms with Gasteiger partial charge in [0.1, 0.15) is 22.5 Å². The number of phenolic OH excluding ortho intramolecular Hbond substituents is 1. The van der Waals surface area contributed by atoms with Crippen LogP contribution < -0.4 is 4.89 Å². The number of benzene rings is 3. The van der Waals surface area contributed by atoms with Crippen LogP contribution in [0.1, 0.15) is 37.8 Å². The van der Waals surface area contributed by atoms with Crippen molar-refractivity contribution in [2.24, 2.45) is 0 Å². The van der Waals surface area contributed by atoms with E-state index in [4.69, 9.17) is 4.89 Å². The van der Waals surface area contributed by atoms with Crippen LogP contribution in [0.25, 0.3) is 16.7 Å². The van der Waals surface area contributed by atoms with E-state index in [9.17, 15) is 9.90 Å². The summed E-state index contributed by atoms with van der Waals surface area (Å²) in [6.45, 7) is 9.10. The van der Waals surface area contributed by atoms with Crippen LogP contribution in [0.15, 0.2) is 76.5 Å². The number of hydrogen-bond donors (Lipinski definition) is 1. The second-order valence-corrected chi connectivity index (χ2v) is 9.56. The lowest BCUT2D eigenvalue weighted by molar-refractivity contribution is -0.435. The number of unbranched alkanes of at least 4 members (excludes halogenated alkanes) is 1. The van der Waals surface area contributed by atoms with Gasteiger partial charge in [-0.15, -0.1) is 15.0 Å². The normalized spacial score (nSPS) is 11.0. The zero-order valence-electron chi connectivity index (χ0n) is 20.4. The van der Waals surface area contributed by atoms with Gasteiger partial charge in [-0.3, -0.25) is 9.78 Å². The Hall–Kier alpha value is -3.82. The van der Waals surface area contributed by atoms with Crippen LogP contribution in [0.5, 0.6) is 11.5 Å². The zero-order valence-corrected chi connectivity index (χ0v) is 21.2. The maximum absolute atomic E-state index is 11.3. The fraction of sp³-hybridized carbons (Fsp3) is 0.222. The number of hydrogen-bond acceptors (Lipinski definition) is 8. The largest absolute Gasteiger partial charge is 0.505 e. The van der Waals surface area contributed by atoms with Crippen molar-refractivity contribution in [1.29, 1.82) is 0 Å². The van der Waals surface area contributed by atoms with E-state index in [0.29, 0.717) is 11.4 Å². The Bertz CT molecular complexity index is 1400. The van der Waals surface area contributed by atoms with Gasteiger partial charge in [-0.2, -0.15) is 0 Å². The fourth-order valence-corrected chi connectivity index (χ4v) is 4.32. The molecule has 1 heterocycles. The number of carbonyl (C=O) groups excluding carboxylic acids is 1. The summed E-state index contributed by atoms with van der Waals surface area (Å²) in [5.41, 5.74) is 4.21. The van der Waals surface area contributed by atoms with Gasteiger partial charge >= 0.3 is 5.97 Å². The Morgan fingerprint density at radius 1 is 1.06 bits per heavy atom. The van der Waals surface area contributed by atoms with Gasteiger partial charge in [-0.25, -0.2) is 4.79 Å². The molecule has 0 amide bonds. The SMILES string of the molecule is C=C(C)C(=O)OOOc1ccc(Sc2ccc3nn(-c4cc(C)cc(CCCC)c4O)nc3c2)cc1. The highest BCUT2D eigenvalue weighted by Crippen LogP contribution is 2.32. The molecule has 0 aliphatic carbocycles. The molecule has 0 saturated heterocycles. The molecule has 9 heteroatoms. The zero-order chi connectivity index (χ0) is 25.7. The molecule has 3 aromatic carbocycles. The van der Waals surface area contributed by atoms with Crippen molar-refractivity contribution in [2.75, 3.05) is 0 Å². The summed E-state index contributed by atoms with van der Waals surface area (Å²) < 4.78 is 0. The Morgan fingerprint density at radius 3 is 2.50 bits per heavy atom. The summed E-state index contributed by atoms with van der Waals surface area (Å²) in [4.78, 5) is 24.1. The van der Waals surface area contributed by atoms with E-state index in [2.05, 4.69) is 33.6 Å². The first-order valence-electron chi connectivity index (χ1n) is 11.5. The number of aryl methyl sites for hydroxylation is 2. The molecule has 0 bridgehead atoms. The molecular formula is C27H27N3O5S. The average molecular weight is 506 g/mol. The van der Waals surface area contributed by atoms with Gasteiger partial charge in [0, 0.05) is 20.4 Å². The molecule has 4 aromatic rings. The van der Waals surface area contributed by atoms with E-state index in [-0.39, 0.29) is 11.3 Å². The molecule has 1 N–H and O–H groups in total. The van der Waals surface area contributed by atoms with Gasteiger partial charge in [0.15, 0.2) is 5.75 Å². The lowest BCUT2D eigenvalue weighted by Crippen LogP contribution is -2.08. The molecule has 36 heavy (non-hydrogen) atoms. The van der Waals surface area contributed by atoms with Crippen molar-refractivity contribution in [3.8, 4) is 17.2 Å². The highest BCUT2D eigenvalue weighted by molar-refractivity contribution is 7.99. The van der Waals surface area contributed by atoms with Crippen molar-refractivity contribution in [1.82, 2.24) is 15.0 Å². The highest BCUT2D eigenvalue weighted by atomic mass is 32.2. The molecule has 8 nitrogen and oxygen atoms in total. The van der Waals surface area contributed by atoms with Gasteiger partial charge in [0.2, 0.25) is 0 Å². The number of aromatic hydroxyl groups is 1. The first-order valence-corrected chi connectivity index (χ1v) is 12.3. The van der Waals surface area contributed by atoms with E-state index in [1.807, 2.05) is 49.4 Å². The minimum Gasteiger partial charge on any atom is -0.505 e. The monoisotopic (exact) mass is 505 g/mol. The van der Waals surface area contributed by atoms with E-state index < -0.39 is 5.97 Å². The van der Waals surface area contributed by atoms with Crippen LogP contribution in [-0.2, 0) is 21.1 Å². The standard InChI is InChI=1S/C27H27N3O5S/c1-5-6-7-19-14-18(4)15-25(26(19)31)30-28-23-13-12-22(16-24(23)29-30)36-21-10-8-20(9-11-21)33-35-34-27(32)17(2)3/h8-16,31H,2,5-7H2,1,3-4H3. The highest BCUT2D eigenvalue weighted by Gasteiger charge is 2.14. The second-order valence-electron chi connectivity index (χ2n) is 8.41. The number of phenols is 1. The maximum atomic E-state index is 11.3. The number of carbonyl (C=O) groups is 1. The van der Waals surface area contributed by atoms with Gasteiger partial charge in [-0.1, -0.05) is 37.8 Å². The molecule has 0 unspecified atom stereocenters. The minimum atomic E-state index is -0.705. The predicted octanol–water partition coefficient (Wildman–Crippen LogP) is 6.27. The molecule has 4 rings (SSSR count). The van der Waals surface area contributed by atoms with Crippen LogP contribution in [-0.4, -0.2) is 26.1 Å². The maximum Gasteiger partial charge on any atom is 0.372 e. The molecule has 0 aliphatic rings. The number of aromatic nitrogens is 3. The number of rotatable bonds is 10. The van der Waals surface area contributed by atoms with E-state index in [1.54, 1.807) is 23.9 Å². The quantitative estimate of drug-likeness (QED) is 0.153. The number of nitrogens with zero attached hydrogens (tertiary/aromatic N) is 3. The molecule has 0 saturated carbocycles.